The second-order valence-corrected chi connectivity index (χ2v) is 26.2. The molecule has 0 aromatic heterocycles. The third-order valence-corrected chi connectivity index (χ3v) is 18.6. The zero-order valence-corrected chi connectivity index (χ0v) is 54.4. The number of aliphatic imine (C=N–C) groups is 1. The number of nitrogens with two attached hydrogens (primary N) is 2. The number of amides is 1. The molecule has 13 N–H and O–H groups in total. The molecule has 502 valence electrons. The van der Waals surface area contributed by atoms with Crippen molar-refractivity contribution in [3.63, 3.8) is 0 Å². The molecule has 5 aliphatic heterocycles. The number of benzene rings is 1. The molecule has 4 saturated heterocycles. The number of likely N-dealkylation sites (N-methyl/N-ethyl adjacent to an activating group) is 2. The molecule has 5 heterocycles. The third-order valence-electron chi connectivity index (χ3n) is 18.6. The van der Waals surface area contributed by atoms with Crippen LogP contribution in [0.25, 0.3) is 0 Å². The Balaban J connectivity index is 1.21. The van der Waals surface area contributed by atoms with Crippen LogP contribution in [0.3, 0.4) is 0 Å². The second-order valence-electron chi connectivity index (χ2n) is 26.2. The molecule has 6 rings (SSSR count). The van der Waals surface area contributed by atoms with Crippen molar-refractivity contribution in [3.8, 4) is 0 Å². The van der Waals surface area contributed by atoms with Crippen molar-refractivity contribution in [1.29, 1.82) is 0 Å². The van der Waals surface area contributed by atoms with Crippen LogP contribution in [0.5, 0.6) is 0 Å². The predicted molar refractivity (Wildman–Crippen MR) is 326 cm³/mol. The number of amidine groups is 1. The molecular weight excluding hydrogens is 1140 g/mol. The van der Waals surface area contributed by atoms with E-state index in [1.165, 1.54) is 21.1 Å². The van der Waals surface area contributed by atoms with Crippen LogP contribution in [-0.4, -0.2) is 254 Å². The Morgan fingerprint density at radius 3 is 2.26 bits per heavy atom. The number of fused-ring (bicyclic) bond motifs is 1. The summed E-state index contributed by atoms with van der Waals surface area (Å²) in [5, 5.41) is 73.1. The largest absolute Gasteiger partial charge is 0.469 e. The summed E-state index contributed by atoms with van der Waals surface area (Å²) >= 11 is 0. The highest BCUT2D eigenvalue weighted by molar-refractivity contribution is 5.97. The van der Waals surface area contributed by atoms with Crippen molar-refractivity contribution in [2.75, 3.05) is 73.0 Å². The fraction of sp³-hybridized carbons (Fsp3) is 0.820. The molecule has 1 aromatic carbocycles. The van der Waals surface area contributed by atoms with Crippen LogP contribution < -0.4 is 37.6 Å². The Bertz CT molecular complexity index is 2470. The van der Waals surface area contributed by atoms with Crippen molar-refractivity contribution in [1.82, 2.24) is 31.1 Å². The third kappa shape index (κ3) is 18.1. The van der Waals surface area contributed by atoms with Gasteiger partial charge in [-0.3, -0.25) is 40.6 Å². The summed E-state index contributed by atoms with van der Waals surface area (Å²) < 4.78 is 48.9. The van der Waals surface area contributed by atoms with Crippen molar-refractivity contribution in [3.05, 3.63) is 29.8 Å². The van der Waals surface area contributed by atoms with Crippen LogP contribution in [0.15, 0.2) is 29.3 Å². The highest BCUT2D eigenvalue weighted by Crippen LogP contribution is 2.40. The number of hydrogen-bond acceptors (Lipinski definition) is 26. The van der Waals surface area contributed by atoms with E-state index in [0.29, 0.717) is 25.3 Å². The molecular formula is C61H106N10O17. The molecule has 0 saturated carbocycles. The molecule has 27 heteroatoms. The monoisotopic (exact) mass is 1250 g/mol. The molecule has 4 fully saturated rings. The SMILES string of the molecule is CC[C@H]1OC(=O)[C@H](C)[C@@H](OC2C[C@@](C)(OC)[C@@H](O)[C@H](C)O2)[C@H](C)C(O[C@@H]2O[C@H](C)C[C@H](N(C)C)[C@H]2O)[C@](C)(O)C[C@@H](C)CN(CCCOC(=O)C(CCC(=O)OC)NC(=O)c2ccc(N(C)CC3CN=C4NC(N)NC(N)C4N3)cc2)[C@H](C)[C@@H](O)[C@]1(C)O. The summed E-state index contributed by atoms with van der Waals surface area (Å²) in [6.45, 7) is 18.4. The van der Waals surface area contributed by atoms with E-state index >= 15 is 0 Å². The number of carbonyl (C=O) groups excluding carboxylic acids is 4. The first-order valence-electron chi connectivity index (χ1n) is 31.2. The van der Waals surface area contributed by atoms with Gasteiger partial charge in [-0.1, -0.05) is 20.8 Å². The topological polar surface area (TPSA) is 366 Å². The molecule has 88 heavy (non-hydrogen) atoms. The molecule has 23 atom stereocenters. The molecule has 27 nitrogen and oxygen atoms in total. The van der Waals surface area contributed by atoms with Gasteiger partial charge in [0.1, 0.15) is 48.2 Å². The minimum absolute atomic E-state index is 0.0362. The average molecular weight is 1250 g/mol. The van der Waals surface area contributed by atoms with E-state index < -0.39 is 138 Å². The molecule has 1 aromatic rings. The zero-order chi connectivity index (χ0) is 65.3. The van der Waals surface area contributed by atoms with Crippen LogP contribution >= 0.6 is 0 Å². The number of nitrogens with zero attached hydrogens (tertiary/aromatic N) is 4. The van der Waals surface area contributed by atoms with Crippen LogP contribution in [-0.2, 0) is 52.3 Å². The van der Waals surface area contributed by atoms with Gasteiger partial charge in [0.05, 0.1) is 74.0 Å². The van der Waals surface area contributed by atoms with Gasteiger partial charge in [0.25, 0.3) is 5.91 Å². The Kier molecular flexibility index (Phi) is 25.9. The standard InChI is InChI=1S/C61H106N10O17/c1-16-43-61(10,80)49(74)36(6)71(24-17-25-83-56(78)41(22-23-44(72)81-14)66-54(76)38-18-20-40(21-19-38)70(13)31-39-29-64-53-46(65-39)52(62)67-58(63)68-53)30-32(2)27-59(8,79)51(88-57-47(73)42(69(11)12)26-33(3)84-57)34(4)48(35(5)55(77)86-43)87-45-28-60(9,82-15)50(75)37(7)85-45/h18-21,32-37,39,41-43,45-52,57-58,65,67,73-75,79-80H,16-17,22-31,62-63H2,1-15H3,(H,64,68)(H,66,76)/t32-,33-,34+,35-,36-,37+,39?,41?,42+,43-,45?,46?,47-,48+,49-,50+,51?,52?,57+,58?,59-,60-,61-/m1/s1. The minimum atomic E-state index is -2.03. The number of carbonyl (C=O) groups is 4. The fourth-order valence-corrected chi connectivity index (χ4v) is 13.3. The number of anilines is 1. The first kappa shape index (κ1) is 72.8. The first-order valence-corrected chi connectivity index (χ1v) is 31.2. The van der Waals surface area contributed by atoms with Gasteiger partial charge in [0, 0.05) is 81.9 Å². The lowest BCUT2D eigenvalue weighted by Gasteiger charge is -2.48. The maximum absolute atomic E-state index is 14.7. The van der Waals surface area contributed by atoms with Crippen LogP contribution in [0.4, 0.5) is 5.69 Å². The summed E-state index contributed by atoms with van der Waals surface area (Å²) in [5.41, 5.74) is 8.44. The number of ether oxygens (including phenoxy) is 8. The van der Waals surface area contributed by atoms with Gasteiger partial charge in [-0.05, 0) is 125 Å². The number of nitrogens with one attached hydrogen (secondary N) is 4. The Hall–Kier alpha value is -4.27. The average Bonchev–Trinajstić information content (AvgIpc) is 3.71. The van der Waals surface area contributed by atoms with Crippen LogP contribution in [0, 0.1) is 17.8 Å². The molecule has 0 spiro atoms. The molecule has 1 amide bonds. The minimum Gasteiger partial charge on any atom is -0.469 e. The van der Waals surface area contributed by atoms with Crippen molar-refractivity contribution < 1.29 is 82.6 Å². The summed E-state index contributed by atoms with van der Waals surface area (Å²) in [5.74, 6) is -4.45. The van der Waals surface area contributed by atoms with Gasteiger partial charge in [-0.25, -0.2) is 4.79 Å². The molecule has 0 bridgehead atoms. The lowest BCUT2D eigenvalue weighted by atomic mass is 9.77. The summed E-state index contributed by atoms with van der Waals surface area (Å²) in [6, 6.07) is 4.12. The highest BCUT2D eigenvalue weighted by Gasteiger charge is 2.53. The van der Waals surface area contributed by atoms with E-state index in [1.807, 2.05) is 49.7 Å². The second kappa shape index (κ2) is 31.4. The number of esters is 3. The van der Waals surface area contributed by atoms with Crippen molar-refractivity contribution >= 4 is 35.3 Å². The summed E-state index contributed by atoms with van der Waals surface area (Å²) in [7, 11) is 8.33. The normalized spacial score (nSPS) is 39.3. The lowest BCUT2D eigenvalue weighted by Crippen LogP contribution is -2.75. The van der Waals surface area contributed by atoms with Crippen LogP contribution in [0.1, 0.15) is 125 Å². The van der Waals surface area contributed by atoms with Gasteiger partial charge in [-0.2, -0.15) is 0 Å². The van der Waals surface area contributed by atoms with Gasteiger partial charge in [0.15, 0.2) is 12.6 Å². The van der Waals surface area contributed by atoms with E-state index in [1.54, 1.807) is 72.7 Å². The quantitative estimate of drug-likeness (QED) is 0.0459. The van der Waals surface area contributed by atoms with Gasteiger partial charge in [0.2, 0.25) is 0 Å². The van der Waals surface area contributed by atoms with Crippen molar-refractivity contribution in [2.24, 2.45) is 34.2 Å². The number of hydrogen-bond donors (Lipinski definition) is 11. The number of methoxy groups -OCH3 is 2. The van der Waals surface area contributed by atoms with Crippen molar-refractivity contribution in [2.45, 2.75) is 235 Å². The van der Waals surface area contributed by atoms with Crippen LogP contribution in [0.2, 0.25) is 0 Å². The summed E-state index contributed by atoms with van der Waals surface area (Å²) in [4.78, 5) is 65.3. The zero-order valence-electron chi connectivity index (χ0n) is 54.4. The van der Waals surface area contributed by atoms with E-state index in [-0.39, 0.29) is 88.0 Å². The molecule has 0 aliphatic carbocycles. The van der Waals surface area contributed by atoms with Gasteiger partial charge >= 0.3 is 17.9 Å². The number of aliphatic hydroxyl groups is 5. The highest BCUT2D eigenvalue weighted by atomic mass is 16.7. The summed E-state index contributed by atoms with van der Waals surface area (Å²) in [6.07, 6.45) is -11.0. The van der Waals surface area contributed by atoms with Gasteiger partial charge < -0.3 is 89.6 Å². The van der Waals surface area contributed by atoms with E-state index in [2.05, 4.69) is 26.3 Å². The maximum atomic E-state index is 14.7. The Labute approximate surface area is 519 Å². The number of aliphatic hydroxyl groups excluding tert-OH is 3. The smallest absolute Gasteiger partial charge is 0.328 e. The first-order chi connectivity index (χ1) is 41.2. The van der Waals surface area contributed by atoms with E-state index in [0.717, 1.165) is 5.69 Å². The van der Waals surface area contributed by atoms with E-state index in [4.69, 9.17) is 49.4 Å². The maximum Gasteiger partial charge on any atom is 0.328 e. The van der Waals surface area contributed by atoms with E-state index in [9.17, 15) is 44.7 Å². The Morgan fingerprint density at radius 1 is 0.943 bits per heavy atom. The van der Waals surface area contributed by atoms with Gasteiger partial charge in [-0.15, -0.1) is 0 Å². The molecule has 0 radical (unpaired) electrons. The fourth-order valence-electron chi connectivity index (χ4n) is 13.3. The predicted octanol–water partition coefficient (Wildman–Crippen LogP) is -0.149. The Morgan fingerprint density at radius 2 is 1.62 bits per heavy atom. The number of rotatable bonds is 20. The molecule has 7 unspecified atom stereocenters. The molecule has 5 aliphatic rings. The lowest BCUT2D eigenvalue weighted by molar-refractivity contribution is -0.318. The number of cyclic esters (lactones) is 1.